The third kappa shape index (κ3) is 6.80. The highest BCUT2D eigenvalue weighted by Gasteiger charge is 2.16. The van der Waals surface area contributed by atoms with Crippen molar-refractivity contribution in [1.29, 1.82) is 5.26 Å². The molecule has 35 heavy (non-hydrogen) atoms. The molecule has 178 valence electrons. The zero-order valence-corrected chi connectivity index (χ0v) is 21.2. The Kier molecular flexibility index (Phi) is 8.80. The molecule has 1 atom stereocenters. The molecule has 1 amide bonds. The fourth-order valence-electron chi connectivity index (χ4n) is 3.29. The van der Waals surface area contributed by atoms with E-state index in [1.54, 1.807) is 24.3 Å². The van der Waals surface area contributed by atoms with Gasteiger partial charge < -0.3 is 14.8 Å². The van der Waals surface area contributed by atoms with Crippen molar-refractivity contribution in [2.75, 3.05) is 7.11 Å². The lowest BCUT2D eigenvalue weighted by atomic mass is 10.1. The standard InChI is InChI=1S/C26H22IN3O5/c1-17(20-8-4-3-5-9-20)29-26(31)21(15-28)11-19-13-23(27)25(24(14-19)34-2)35-16-18-7-6-10-22(12-18)30(32)33/h3-14,17H,16H2,1-2H3,(H,29,31)/b21-11-/t17-/m1/s1. The lowest BCUT2D eigenvalue weighted by Crippen LogP contribution is -2.27. The topological polar surface area (TPSA) is 114 Å². The van der Waals surface area contributed by atoms with Crippen LogP contribution in [0.1, 0.15) is 29.7 Å². The van der Waals surface area contributed by atoms with Gasteiger partial charge in [0.1, 0.15) is 18.2 Å². The van der Waals surface area contributed by atoms with E-state index in [1.807, 2.05) is 43.3 Å². The number of hydrogen-bond donors (Lipinski definition) is 1. The van der Waals surface area contributed by atoms with Crippen LogP contribution in [0.25, 0.3) is 6.08 Å². The molecule has 0 heterocycles. The first-order valence-electron chi connectivity index (χ1n) is 10.5. The summed E-state index contributed by atoms with van der Waals surface area (Å²) in [6, 6.07) is 20.8. The first-order chi connectivity index (χ1) is 16.8. The van der Waals surface area contributed by atoms with Gasteiger partial charge in [0.15, 0.2) is 11.5 Å². The molecule has 0 fully saturated rings. The number of nitro benzene ring substituents is 1. The Hall–Kier alpha value is -3.91. The minimum absolute atomic E-state index is 0.0165. The highest BCUT2D eigenvalue weighted by atomic mass is 127. The van der Waals surface area contributed by atoms with Crippen LogP contribution in [-0.2, 0) is 11.4 Å². The van der Waals surface area contributed by atoms with Crippen molar-refractivity contribution in [2.45, 2.75) is 19.6 Å². The molecule has 8 nitrogen and oxygen atoms in total. The van der Waals surface area contributed by atoms with Gasteiger partial charge in [-0.1, -0.05) is 42.5 Å². The highest BCUT2D eigenvalue weighted by molar-refractivity contribution is 14.1. The number of nitriles is 1. The quantitative estimate of drug-likeness (QED) is 0.116. The molecule has 9 heteroatoms. The Morgan fingerprint density at radius 3 is 2.60 bits per heavy atom. The minimum Gasteiger partial charge on any atom is -0.493 e. The summed E-state index contributed by atoms with van der Waals surface area (Å²) in [5.74, 6) is 0.380. The van der Waals surface area contributed by atoms with Gasteiger partial charge in [-0.05, 0) is 64.4 Å². The summed E-state index contributed by atoms with van der Waals surface area (Å²) in [4.78, 5) is 23.2. The van der Waals surface area contributed by atoms with Gasteiger partial charge in [-0.3, -0.25) is 14.9 Å². The van der Waals surface area contributed by atoms with Gasteiger partial charge in [0.2, 0.25) is 0 Å². The predicted molar refractivity (Wildman–Crippen MR) is 140 cm³/mol. The molecule has 3 rings (SSSR count). The summed E-state index contributed by atoms with van der Waals surface area (Å²) in [5.41, 5.74) is 2.10. The lowest BCUT2D eigenvalue weighted by Gasteiger charge is -2.15. The molecule has 3 aromatic carbocycles. The number of amides is 1. The third-order valence-electron chi connectivity index (χ3n) is 5.08. The fourth-order valence-corrected chi connectivity index (χ4v) is 4.07. The van der Waals surface area contributed by atoms with E-state index in [0.29, 0.717) is 26.2 Å². The summed E-state index contributed by atoms with van der Waals surface area (Å²) >= 11 is 2.07. The molecule has 0 aliphatic rings. The van der Waals surface area contributed by atoms with Gasteiger partial charge in [-0.15, -0.1) is 0 Å². The van der Waals surface area contributed by atoms with E-state index in [1.165, 1.54) is 25.3 Å². The molecule has 0 spiro atoms. The molecule has 0 saturated carbocycles. The number of benzene rings is 3. The Bertz CT molecular complexity index is 1300. The van der Waals surface area contributed by atoms with Crippen molar-refractivity contribution >= 4 is 40.3 Å². The second-order valence-corrected chi connectivity index (χ2v) is 8.69. The summed E-state index contributed by atoms with van der Waals surface area (Å²) in [6.07, 6.45) is 1.49. The Morgan fingerprint density at radius 2 is 1.94 bits per heavy atom. The number of ether oxygens (including phenoxy) is 2. The zero-order valence-electron chi connectivity index (χ0n) is 19.0. The molecule has 1 N–H and O–H groups in total. The number of carbonyl (C=O) groups excluding carboxylic acids is 1. The van der Waals surface area contributed by atoms with Gasteiger partial charge in [-0.25, -0.2) is 0 Å². The molecular weight excluding hydrogens is 561 g/mol. The minimum atomic E-state index is -0.483. The van der Waals surface area contributed by atoms with E-state index in [0.717, 1.165) is 5.56 Å². The SMILES string of the molecule is COc1cc(/C=C(/C#N)C(=O)N[C@H](C)c2ccccc2)cc(I)c1OCc1cccc([N+](=O)[O-])c1. The summed E-state index contributed by atoms with van der Waals surface area (Å²) in [7, 11) is 1.48. The maximum Gasteiger partial charge on any atom is 0.269 e. The van der Waals surface area contributed by atoms with Gasteiger partial charge in [0, 0.05) is 12.1 Å². The van der Waals surface area contributed by atoms with Crippen LogP contribution in [0, 0.1) is 25.0 Å². The number of nitrogens with one attached hydrogen (secondary N) is 1. The van der Waals surface area contributed by atoms with Crippen LogP contribution >= 0.6 is 22.6 Å². The monoisotopic (exact) mass is 583 g/mol. The van der Waals surface area contributed by atoms with E-state index in [9.17, 15) is 20.2 Å². The molecule has 0 bridgehead atoms. The molecule has 0 unspecified atom stereocenters. The smallest absolute Gasteiger partial charge is 0.269 e. The third-order valence-corrected chi connectivity index (χ3v) is 5.88. The van der Waals surface area contributed by atoms with Crippen LogP contribution in [0.4, 0.5) is 5.69 Å². The molecule has 0 aromatic heterocycles. The number of nitro groups is 1. The first kappa shape index (κ1) is 25.7. The van der Waals surface area contributed by atoms with E-state index >= 15 is 0 Å². The molecule has 3 aromatic rings. The lowest BCUT2D eigenvalue weighted by molar-refractivity contribution is -0.384. The first-order valence-corrected chi connectivity index (χ1v) is 11.6. The maximum absolute atomic E-state index is 12.7. The summed E-state index contributed by atoms with van der Waals surface area (Å²) < 4.78 is 12.0. The van der Waals surface area contributed by atoms with E-state index in [4.69, 9.17) is 9.47 Å². The van der Waals surface area contributed by atoms with E-state index < -0.39 is 10.8 Å². The normalized spacial score (nSPS) is 11.8. The van der Waals surface area contributed by atoms with Gasteiger partial charge >= 0.3 is 0 Å². The molecule has 0 radical (unpaired) electrons. The van der Waals surface area contributed by atoms with Crippen molar-refractivity contribution in [3.63, 3.8) is 0 Å². The largest absolute Gasteiger partial charge is 0.493 e. The predicted octanol–water partition coefficient (Wildman–Crippen LogP) is 5.57. The van der Waals surface area contributed by atoms with Crippen molar-refractivity contribution in [3.8, 4) is 17.6 Å². The number of rotatable bonds is 9. The number of halogens is 1. The average molecular weight is 583 g/mol. The number of non-ortho nitro benzene ring substituents is 1. The molecule has 0 saturated heterocycles. The van der Waals surface area contributed by atoms with Crippen LogP contribution < -0.4 is 14.8 Å². The second kappa shape index (κ2) is 12.0. The Labute approximate surface area is 216 Å². The second-order valence-electron chi connectivity index (χ2n) is 7.53. The highest BCUT2D eigenvalue weighted by Crippen LogP contribution is 2.35. The molecule has 0 aliphatic heterocycles. The number of methoxy groups -OCH3 is 1. The fraction of sp³-hybridized carbons (Fsp3) is 0.154. The van der Waals surface area contributed by atoms with Gasteiger partial charge in [-0.2, -0.15) is 5.26 Å². The van der Waals surface area contributed by atoms with Crippen LogP contribution in [0.3, 0.4) is 0 Å². The van der Waals surface area contributed by atoms with Crippen molar-refractivity contribution < 1.29 is 19.2 Å². The number of hydrogen-bond acceptors (Lipinski definition) is 6. The molecular formula is C26H22IN3O5. The summed E-state index contributed by atoms with van der Waals surface area (Å²) in [5, 5.41) is 23.4. The maximum atomic E-state index is 12.7. The van der Waals surface area contributed by atoms with Crippen LogP contribution in [0.15, 0.2) is 72.3 Å². The van der Waals surface area contributed by atoms with Gasteiger partial charge in [0.05, 0.1) is 21.6 Å². The van der Waals surface area contributed by atoms with Gasteiger partial charge in [0.25, 0.3) is 11.6 Å². The van der Waals surface area contributed by atoms with Crippen molar-refractivity contribution in [2.24, 2.45) is 0 Å². The number of nitrogens with zero attached hydrogens (tertiary/aromatic N) is 2. The van der Waals surface area contributed by atoms with E-state index in [2.05, 4.69) is 27.9 Å². The van der Waals surface area contributed by atoms with Crippen molar-refractivity contribution in [3.05, 3.63) is 103 Å². The zero-order chi connectivity index (χ0) is 25.4. The van der Waals surface area contributed by atoms with Crippen LogP contribution in [-0.4, -0.2) is 17.9 Å². The number of carbonyl (C=O) groups is 1. The van der Waals surface area contributed by atoms with Crippen LogP contribution in [0.2, 0.25) is 0 Å². The van der Waals surface area contributed by atoms with E-state index in [-0.39, 0.29) is 23.9 Å². The Balaban J connectivity index is 1.79. The summed E-state index contributed by atoms with van der Waals surface area (Å²) in [6.45, 7) is 1.95. The average Bonchev–Trinajstić information content (AvgIpc) is 2.86. The Morgan fingerprint density at radius 1 is 1.20 bits per heavy atom. The van der Waals surface area contributed by atoms with Crippen molar-refractivity contribution in [1.82, 2.24) is 5.32 Å². The van der Waals surface area contributed by atoms with Crippen LogP contribution in [0.5, 0.6) is 11.5 Å². The molecule has 0 aliphatic carbocycles.